The fourth-order valence-corrected chi connectivity index (χ4v) is 3.95. The van der Waals surface area contributed by atoms with Crippen molar-refractivity contribution in [2.24, 2.45) is 0 Å². The standard InChI is InChI=1S/C22H25N3O3/c1-2-6-18-17(5-1)24-21(26-18)15-25-13-10-16(11-14-25)23-12-9-22-27-19-7-3-4-8-20(19)28-22/h1-8,16,22-23H,9-15H2. The first-order chi connectivity index (χ1) is 13.8. The van der Waals surface area contributed by atoms with Crippen LogP contribution in [0.3, 0.4) is 0 Å². The van der Waals surface area contributed by atoms with Crippen LogP contribution in [0.25, 0.3) is 11.1 Å². The maximum Gasteiger partial charge on any atom is 0.242 e. The van der Waals surface area contributed by atoms with Gasteiger partial charge in [-0.25, -0.2) is 4.98 Å². The Bertz CT molecular complexity index is 875. The van der Waals surface area contributed by atoms with Gasteiger partial charge in [-0.3, -0.25) is 4.90 Å². The maximum atomic E-state index is 5.85. The summed E-state index contributed by atoms with van der Waals surface area (Å²) in [5, 5.41) is 3.66. The zero-order valence-corrected chi connectivity index (χ0v) is 15.8. The van der Waals surface area contributed by atoms with Crippen molar-refractivity contribution in [2.75, 3.05) is 19.6 Å². The molecule has 0 spiro atoms. The largest absolute Gasteiger partial charge is 0.451 e. The number of ether oxygens (including phenoxy) is 2. The number of para-hydroxylation sites is 4. The Morgan fingerprint density at radius 3 is 2.43 bits per heavy atom. The zero-order chi connectivity index (χ0) is 18.8. The molecule has 6 nitrogen and oxygen atoms in total. The number of likely N-dealkylation sites (tertiary alicyclic amines) is 1. The number of fused-ring (bicyclic) bond motifs is 2. The molecule has 2 aliphatic heterocycles. The minimum absolute atomic E-state index is 0.177. The first kappa shape index (κ1) is 17.5. The summed E-state index contributed by atoms with van der Waals surface area (Å²) in [6, 6.07) is 16.3. The topological polar surface area (TPSA) is 59.8 Å². The quantitative estimate of drug-likeness (QED) is 0.707. The molecule has 1 aromatic heterocycles. The average Bonchev–Trinajstić information content (AvgIpc) is 3.32. The van der Waals surface area contributed by atoms with Gasteiger partial charge in [0.05, 0.1) is 6.54 Å². The van der Waals surface area contributed by atoms with Gasteiger partial charge < -0.3 is 19.2 Å². The lowest BCUT2D eigenvalue weighted by Gasteiger charge is -2.31. The molecule has 0 saturated carbocycles. The average molecular weight is 379 g/mol. The molecule has 6 heteroatoms. The predicted octanol–water partition coefficient (Wildman–Crippen LogP) is 3.57. The van der Waals surface area contributed by atoms with Gasteiger partial charge in [-0.1, -0.05) is 24.3 Å². The summed E-state index contributed by atoms with van der Waals surface area (Å²) in [7, 11) is 0. The van der Waals surface area contributed by atoms with Gasteiger partial charge in [-0.2, -0.15) is 0 Å². The summed E-state index contributed by atoms with van der Waals surface area (Å²) in [4.78, 5) is 7.00. The molecule has 3 aromatic rings. The molecule has 0 unspecified atom stereocenters. The molecule has 0 bridgehead atoms. The number of nitrogens with zero attached hydrogens (tertiary/aromatic N) is 2. The molecule has 1 N–H and O–H groups in total. The van der Waals surface area contributed by atoms with Crippen molar-refractivity contribution in [3.05, 3.63) is 54.4 Å². The number of rotatable bonds is 6. The van der Waals surface area contributed by atoms with Crippen molar-refractivity contribution in [2.45, 2.75) is 38.1 Å². The van der Waals surface area contributed by atoms with Gasteiger partial charge >= 0.3 is 0 Å². The molecular formula is C22H25N3O3. The first-order valence-corrected chi connectivity index (χ1v) is 10.1. The van der Waals surface area contributed by atoms with Crippen molar-refractivity contribution in [3.8, 4) is 11.5 Å². The summed E-state index contributed by atoms with van der Waals surface area (Å²) in [5.41, 5.74) is 1.81. The van der Waals surface area contributed by atoms with Crippen LogP contribution in [0.1, 0.15) is 25.2 Å². The lowest BCUT2D eigenvalue weighted by Crippen LogP contribution is -2.43. The van der Waals surface area contributed by atoms with Gasteiger partial charge in [0.15, 0.2) is 17.1 Å². The minimum atomic E-state index is -0.177. The van der Waals surface area contributed by atoms with Crippen LogP contribution in [0, 0.1) is 0 Å². The van der Waals surface area contributed by atoms with Gasteiger partial charge in [0.1, 0.15) is 5.52 Å². The number of benzene rings is 2. The van der Waals surface area contributed by atoms with Crippen LogP contribution in [0.5, 0.6) is 11.5 Å². The molecule has 0 aliphatic carbocycles. The number of piperidine rings is 1. The van der Waals surface area contributed by atoms with E-state index in [9.17, 15) is 0 Å². The molecule has 5 rings (SSSR count). The van der Waals surface area contributed by atoms with Crippen molar-refractivity contribution < 1.29 is 13.9 Å². The van der Waals surface area contributed by atoms with E-state index in [4.69, 9.17) is 13.9 Å². The summed E-state index contributed by atoms with van der Waals surface area (Å²) >= 11 is 0. The molecule has 1 fully saturated rings. The normalized spacial score (nSPS) is 18.1. The molecule has 0 atom stereocenters. The van der Waals surface area contributed by atoms with E-state index < -0.39 is 0 Å². The van der Waals surface area contributed by atoms with Gasteiger partial charge in [0, 0.05) is 32.1 Å². The fraction of sp³-hybridized carbons (Fsp3) is 0.409. The number of hydrogen-bond acceptors (Lipinski definition) is 6. The summed E-state index contributed by atoms with van der Waals surface area (Å²) in [6.45, 7) is 3.79. The molecule has 146 valence electrons. The van der Waals surface area contributed by atoms with E-state index in [1.54, 1.807) is 0 Å². The first-order valence-electron chi connectivity index (χ1n) is 10.1. The third-order valence-corrected chi connectivity index (χ3v) is 5.46. The molecule has 0 amide bonds. The molecule has 0 radical (unpaired) electrons. The number of nitrogens with one attached hydrogen (secondary N) is 1. The minimum Gasteiger partial charge on any atom is -0.451 e. The van der Waals surface area contributed by atoms with E-state index in [1.165, 1.54) is 0 Å². The molecule has 3 heterocycles. The van der Waals surface area contributed by atoms with Crippen molar-refractivity contribution in [1.29, 1.82) is 0 Å². The van der Waals surface area contributed by atoms with E-state index in [0.717, 1.165) is 73.9 Å². The van der Waals surface area contributed by atoms with Crippen molar-refractivity contribution in [1.82, 2.24) is 15.2 Å². The van der Waals surface area contributed by atoms with Crippen LogP contribution in [0.15, 0.2) is 52.9 Å². The van der Waals surface area contributed by atoms with Crippen LogP contribution >= 0.6 is 0 Å². The van der Waals surface area contributed by atoms with Crippen LogP contribution < -0.4 is 14.8 Å². The Morgan fingerprint density at radius 2 is 1.68 bits per heavy atom. The molecule has 1 saturated heterocycles. The molecule has 2 aromatic carbocycles. The van der Waals surface area contributed by atoms with Crippen LogP contribution in [-0.4, -0.2) is 41.9 Å². The highest BCUT2D eigenvalue weighted by molar-refractivity contribution is 5.72. The molecule has 2 aliphatic rings. The summed E-state index contributed by atoms with van der Waals surface area (Å²) < 4.78 is 17.5. The zero-order valence-electron chi connectivity index (χ0n) is 15.8. The Kier molecular flexibility index (Phi) is 4.89. The smallest absolute Gasteiger partial charge is 0.242 e. The van der Waals surface area contributed by atoms with Crippen LogP contribution in [0.4, 0.5) is 0 Å². The van der Waals surface area contributed by atoms with E-state index in [2.05, 4.69) is 15.2 Å². The lowest BCUT2D eigenvalue weighted by molar-refractivity contribution is 0.0408. The highest BCUT2D eigenvalue weighted by Crippen LogP contribution is 2.34. The van der Waals surface area contributed by atoms with Gasteiger partial charge in [0.2, 0.25) is 12.2 Å². The predicted molar refractivity (Wildman–Crippen MR) is 106 cm³/mol. The second-order valence-electron chi connectivity index (χ2n) is 7.48. The Balaban J connectivity index is 1.04. The van der Waals surface area contributed by atoms with E-state index in [1.807, 2.05) is 48.5 Å². The molecule has 28 heavy (non-hydrogen) atoms. The number of aromatic nitrogens is 1. The van der Waals surface area contributed by atoms with Gasteiger partial charge in [-0.15, -0.1) is 0 Å². The SMILES string of the molecule is c1ccc2c(c1)OC(CCNC1CCN(Cc3nc4ccccc4o3)CC1)O2. The number of oxazole rings is 1. The Hall–Kier alpha value is -2.57. The van der Waals surface area contributed by atoms with Crippen LogP contribution in [0.2, 0.25) is 0 Å². The van der Waals surface area contributed by atoms with Crippen LogP contribution in [-0.2, 0) is 6.54 Å². The third-order valence-electron chi connectivity index (χ3n) is 5.46. The summed E-state index contributed by atoms with van der Waals surface area (Å²) in [6.07, 6.45) is 2.93. The highest BCUT2D eigenvalue weighted by atomic mass is 16.7. The van der Waals surface area contributed by atoms with E-state index in [0.29, 0.717) is 6.04 Å². The van der Waals surface area contributed by atoms with Gasteiger partial charge in [0.25, 0.3) is 0 Å². The second-order valence-corrected chi connectivity index (χ2v) is 7.48. The number of hydrogen-bond donors (Lipinski definition) is 1. The lowest BCUT2D eigenvalue weighted by atomic mass is 10.0. The highest BCUT2D eigenvalue weighted by Gasteiger charge is 2.24. The van der Waals surface area contributed by atoms with Crippen molar-refractivity contribution in [3.63, 3.8) is 0 Å². The monoisotopic (exact) mass is 379 g/mol. The van der Waals surface area contributed by atoms with Gasteiger partial charge in [-0.05, 0) is 37.1 Å². The second kappa shape index (κ2) is 7.81. The summed E-state index contributed by atoms with van der Waals surface area (Å²) in [5.74, 6) is 2.50. The maximum absolute atomic E-state index is 5.85. The third kappa shape index (κ3) is 3.84. The Morgan fingerprint density at radius 1 is 0.964 bits per heavy atom. The van der Waals surface area contributed by atoms with E-state index in [-0.39, 0.29) is 6.29 Å². The van der Waals surface area contributed by atoms with E-state index >= 15 is 0 Å². The Labute approximate surface area is 164 Å². The van der Waals surface area contributed by atoms with Crippen molar-refractivity contribution >= 4 is 11.1 Å². The molecular weight excluding hydrogens is 354 g/mol. The fourth-order valence-electron chi connectivity index (χ4n) is 3.95.